The van der Waals surface area contributed by atoms with Crippen LogP contribution in [0.1, 0.15) is 32.1 Å². The zero-order valence-corrected chi connectivity index (χ0v) is 8.05. The van der Waals surface area contributed by atoms with E-state index < -0.39 is 0 Å². The molecule has 0 amide bonds. The highest BCUT2D eigenvalue weighted by Crippen LogP contribution is 2.31. The number of nitrogens with zero attached hydrogens (tertiary/aromatic N) is 1. The highest BCUT2D eigenvalue weighted by Gasteiger charge is 2.21. The highest BCUT2D eigenvalue weighted by atomic mass is 15.1. The van der Waals surface area contributed by atoms with Gasteiger partial charge in [-0.1, -0.05) is 18.1 Å². The van der Waals surface area contributed by atoms with Crippen LogP contribution in [-0.2, 0) is 0 Å². The molecule has 0 N–H and O–H groups in total. The lowest BCUT2D eigenvalue weighted by molar-refractivity contribution is 0.286. The van der Waals surface area contributed by atoms with E-state index in [4.69, 9.17) is 0 Å². The van der Waals surface area contributed by atoms with Crippen LogP contribution in [-0.4, -0.2) is 25.0 Å². The Hall–Kier alpha value is -0.300. The van der Waals surface area contributed by atoms with Crippen molar-refractivity contribution in [1.29, 1.82) is 0 Å². The maximum absolute atomic E-state index is 2.51. The van der Waals surface area contributed by atoms with Crippen molar-refractivity contribution < 1.29 is 0 Å². The van der Waals surface area contributed by atoms with Gasteiger partial charge in [0.2, 0.25) is 0 Å². The third kappa shape index (κ3) is 1.71. The Morgan fingerprint density at radius 2 is 2.33 bits per heavy atom. The number of fused-ring (bicyclic) bond motifs is 1. The second-order valence-electron chi connectivity index (χ2n) is 4.27. The Labute approximate surface area is 75.4 Å². The van der Waals surface area contributed by atoms with Gasteiger partial charge in [-0.2, -0.15) is 0 Å². The summed E-state index contributed by atoms with van der Waals surface area (Å²) in [6, 6.07) is 0. The molecule has 0 aromatic carbocycles. The first kappa shape index (κ1) is 8.31. The molecule has 1 aliphatic carbocycles. The first-order chi connectivity index (χ1) is 5.86. The van der Waals surface area contributed by atoms with Gasteiger partial charge >= 0.3 is 0 Å². The van der Waals surface area contributed by atoms with E-state index in [1.54, 1.807) is 5.57 Å². The minimum absolute atomic E-state index is 0.909. The van der Waals surface area contributed by atoms with Gasteiger partial charge in [0.05, 0.1) is 0 Å². The summed E-state index contributed by atoms with van der Waals surface area (Å²) in [7, 11) is 2.26. The minimum atomic E-state index is 0.909. The van der Waals surface area contributed by atoms with Crippen LogP contribution in [0.5, 0.6) is 0 Å². The molecule has 1 unspecified atom stereocenters. The third-order valence-electron chi connectivity index (χ3n) is 3.24. The maximum atomic E-state index is 2.51. The molecule has 0 radical (unpaired) electrons. The van der Waals surface area contributed by atoms with Crippen molar-refractivity contribution in [2.45, 2.75) is 32.1 Å². The molecular formula is C11H19N. The smallest absolute Gasteiger partial charge is 0.00441 e. The third-order valence-corrected chi connectivity index (χ3v) is 3.24. The monoisotopic (exact) mass is 165 g/mol. The fraction of sp³-hybridized carbons (Fsp3) is 0.818. The Balaban J connectivity index is 2.06. The molecule has 1 heterocycles. The SMILES string of the molecule is CN1CCC=C2CCCCC2C1. The molecule has 1 fully saturated rings. The van der Waals surface area contributed by atoms with Crippen LogP contribution < -0.4 is 0 Å². The average molecular weight is 165 g/mol. The van der Waals surface area contributed by atoms with E-state index in [1.165, 1.54) is 45.2 Å². The maximum Gasteiger partial charge on any atom is 0.00441 e. The number of rotatable bonds is 0. The van der Waals surface area contributed by atoms with E-state index in [2.05, 4.69) is 18.0 Å². The molecule has 1 aliphatic heterocycles. The normalized spacial score (nSPS) is 32.1. The molecule has 12 heavy (non-hydrogen) atoms. The summed E-state index contributed by atoms with van der Waals surface area (Å²) in [5.74, 6) is 0.909. The number of hydrogen-bond donors (Lipinski definition) is 0. The summed E-state index contributed by atoms with van der Waals surface area (Å²) >= 11 is 0. The van der Waals surface area contributed by atoms with Gasteiger partial charge in [0.15, 0.2) is 0 Å². The van der Waals surface area contributed by atoms with Crippen LogP contribution in [0.3, 0.4) is 0 Å². The largest absolute Gasteiger partial charge is 0.305 e. The van der Waals surface area contributed by atoms with Gasteiger partial charge in [-0.05, 0) is 38.6 Å². The van der Waals surface area contributed by atoms with E-state index in [9.17, 15) is 0 Å². The second-order valence-corrected chi connectivity index (χ2v) is 4.27. The molecule has 68 valence electrons. The minimum Gasteiger partial charge on any atom is -0.305 e. The molecule has 0 saturated heterocycles. The molecule has 0 spiro atoms. The Morgan fingerprint density at radius 3 is 3.25 bits per heavy atom. The quantitative estimate of drug-likeness (QED) is 0.498. The first-order valence-corrected chi connectivity index (χ1v) is 5.24. The van der Waals surface area contributed by atoms with Crippen molar-refractivity contribution in [2.75, 3.05) is 20.1 Å². The topological polar surface area (TPSA) is 3.24 Å². The fourth-order valence-electron chi connectivity index (χ4n) is 2.52. The highest BCUT2D eigenvalue weighted by molar-refractivity contribution is 5.11. The van der Waals surface area contributed by atoms with Gasteiger partial charge in [-0.15, -0.1) is 0 Å². The van der Waals surface area contributed by atoms with Crippen molar-refractivity contribution in [3.8, 4) is 0 Å². The molecule has 0 aromatic rings. The lowest BCUT2D eigenvalue weighted by atomic mass is 9.84. The molecule has 0 bridgehead atoms. The van der Waals surface area contributed by atoms with Crippen LogP contribution in [0, 0.1) is 5.92 Å². The van der Waals surface area contributed by atoms with Gasteiger partial charge in [0.1, 0.15) is 0 Å². The molecule has 2 rings (SSSR count). The van der Waals surface area contributed by atoms with Crippen LogP contribution in [0.15, 0.2) is 11.6 Å². The molecule has 1 heteroatoms. The van der Waals surface area contributed by atoms with Crippen molar-refractivity contribution in [1.82, 2.24) is 4.90 Å². The lowest BCUT2D eigenvalue weighted by Gasteiger charge is -2.26. The average Bonchev–Trinajstić information content (AvgIpc) is 2.25. The lowest BCUT2D eigenvalue weighted by Crippen LogP contribution is -2.26. The van der Waals surface area contributed by atoms with Crippen LogP contribution in [0.4, 0.5) is 0 Å². The molecule has 2 aliphatic rings. The van der Waals surface area contributed by atoms with Gasteiger partial charge in [0, 0.05) is 13.1 Å². The van der Waals surface area contributed by atoms with E-state index in [1.807, 2.05) is 0 Å². The standard InChI is InChI=1S/C11H19N/c1-12-8-4-7-10-5-2-3-6-11(10)9-12/h7,11H,2-6,8-9H2,1H3. The van der Waals surface area contributed by atoms with Crippen molar-refractivity contribution in [3.05, 3.63) is 11.6 Å². The predicted molar refractivity (Wildman–Crippen MR) is 52.2 cm³/mol. The fourth-order valence-corrected chi connectivity index (χ4v) is 2.52. The van der Waals surface area contributed by atoms with Gasteiger partial charge < -0.3 is 4.90 Å². The summed E-state index contributed by atoms with van der Waals surface area (Å²) in [6.45, 7) is 2.58. The van der Waals surface area contributed by atoms with E-state index in [-0.39, 0.29) is 0 Å². The van der Waals surface area contributed by atoms with Crippen LogP contribution in [0.2, 0.25) is 0 Å². The molecule has 1 atom stereocenters. The summed E-state index contributed by atoms with van der Waals surface area (Å²) in [6.07, 6.45) is 9.51. The molecular weight excluding hydrogens is 146 g/mol. The second kappa shape index (κ2) is 3.61. The summed E-state index contributed by atoms with van der Waals surface area (Å²) in [5.41, 5.74) is 1.77. The molecule has 0 aromatic heterocycles. The first-order valence-electron chi connectivity index (χ1n) is 5.24. The van der Waals surface area contributed by atoms with Crippen molar-refractivity contribution in [2.24, 2.45) is 5.92 Å². The summed E-state index contributed by atoms with van der Waals surface area (Å²) in [5, 5.41) is 0. The summed E-state index contributed by atoms with van der Waals surface area (Å²) < 4.78 is 0. The van der Waals surface area contributed by atoms with Gasteiger partial charge in [0.25, 0.3) is 0 Å². The zero-order chi connectivity index (χ0) is 8.39. The van der Waals surface area contributed by atoms with Crippen LogP contribution >= 0.6 is 0 Å². The van der Waals surface area contributed by atoms with Crippen molar-refractivity contribution >= 4 is 0 Å². The van der Waals surface area contributed by atoms with Gasteiger partial charge in [-0.25, -0.2) is 0 Å². The van der Waals surface area contributed by atoms with E-state index >= 15 is 0 Å². The van der Waals surface area contributed by atoms with E-state index in [0.717, 1.165) is 5.92 Å². The van der Waals surface area contributed by atoms with Crippen LogP contribution in [0.25, 0.3) is 0 Å². The molecule has 1 saturated carbocycles. The van der Waals surface area contributed by atoms with E-state index in [0.29, 0.717) is 0 Å². The Bertz CT molecular complexity index is 183. The number of hydrogen-bond acceptors (Lipinski definition) is 1. The Morgan fingerprint density at radius 1 is 1.42 bits per heavy atom. The summed E-state index contributed by atoms with van der Waals surface area (Å²) in [4.78, 5) is 2.49. The Kier molecular flexibility index (Phi) is 2.50. The van der Waals surface area contributed by atoms with Gasteiger partial charge in [-0.3, -0.25) is 0 Å². The molecule has 1 nitrogen and oxygen atoms in total. The predicted octanol–water partition coefficient (Wildman–Crippen LogP) is 2.44. The zero-order valence-electron chi connectivity index (χ0n) is 8.05. The van der Waals surface area contributed by atoms with Crippen molar-refractivity contribution in [3.63, 3.8) is 0 Å².